The van der Waals surface area contributed by atoms with E-state index in [1.165, 1.54) is 11.3 Å². The minimum absolute atomic E-state index is 0.0439. The number of amides is 1. The lowest BCUT2D eigenvalue weighted by Gasteiger charge is -2.36. The number of anilines is 2. The molecule has 2 aromatic carbocycles. The van der Waals surface area contributed by atoms with E-state index in [1.807, 2.05) is 38.1 Å². The van der Waals surface area contributed by atoms with Gasteiger partial charge in [0.2, 0.25) is 5.91 Å². The Bertz CT molecular complexity index is 778. The van der Waals surface area contributed by atoms with E-state index < -0.39 is 0 Å². The Morgan fingerprint density at radius 2 is 1.65 bits per heavy atom. The Morgan fingerprint density at radius 3 is 2.31 bits per heavy atom. The highest BCUT2D eigenvalue weighted by atomic mass is 35.5. The number of carbonyl (C=O) groups is 1. The zero-order valence-corrected chi connectivity index (χ0v) is 16.4. The number of halogens is 1. The molecule has 1 aliphatic rings. The zero-order chi connectivity index (χ0) is 18.7. The van der Waals surface area contributed by atoms with E-state index in [-0.39, 0.29) is 5.91 Å². The second-order valence-electron chi connectivity index (χ2n) is 7.12. The first kappa shape index (κ1) is 18.7. The van der Waals surface area contributed by atoms with E-state index in [0.29, 0.717) is 6.54 Å². The van der Waals surface area contributed by atoms with E-state index in [1.54, 1.807) is 0 Å². The van der Waals surface area contributed by atoms with Crippen LogP contribution in [0.15, 0.2) is 36.4 Å². The molecule has 26 heavy (non-hydrogen) atoms. The summed E-state index contributed by atoms with van der Waals surface area (Å²) in [5.41, 5.74) is 5.62. The highest BCUT2D eigenvalue weighted by molar-refractivity contribution is 6.30. The molecule has 0 atom stereocenters. The summed E-state index contributed by atoms with van der Waals surface area (Å²) in [6.45, 7) is 10.2. The van der Waals surface area contributed by atoms with E-state index >= 15 is 0 Å². The normalized spacial score (nSPS) is 15.2. The van der Waals surface area contributed by atoms with Crippen molar-refractivity contribution in [1.29, 1.82) is 0 Å². The van der Waals surface area contributed by atoms with Gasteiger partial charge in [0.05, 0.1) is 6.54 Å². The average Bonchev–Trinajstić information content (AvgIpc) is 2.57. The molecule has 0 spiro atoms. The average molecular weight is 372 g/mol. The van der Waals surface area contributed by atoms with Crippen LogP contribution < -0.4 is 10.2 Å². The first-order valence-electron chi connectivity index (χ1n) is 9.02. The highest BCUT2D eigenvalue weighted by Crippen LogP contribution is 2.25. The summed E-state index contributed by atoms with van der Waals surface area (Å²) in [6.07, 6.45) is 0. The van der Waals surface area contributed by atoms with Gasteiger partial charge in [-0.15, -0.1) is 0 Å². The van der Waals surface area contributed by atoms with Gasteiger partial charge < -0.3 is 10.2 Å². The molecule has 0 aromatic heterocycles. The molecule has 1 saturated heterocycles. The molecule has 1 aliphatic heterocycles. The third-order valence-electron chi connectivity index (χ3n) is 4.76. The highest BCUT2D eigenvalue weighted by Gasteiger charge is 2.20. The second-order valence-corrected chi connectivity index (χ2v) is 7.56. The van der Waals surface area contributed by atoms with Crippen LogP contribution in [-0.2, 0) is 4.79 Å². The summed E-state index contributed by atoms with van der Waals surface area (Å²) in [6, 6.07) is 12.1. The summed E-state index contributed by atoms with van der Waals surface area (Å²) in [5.74, 6) is 0.0439. The van der Waals surface area contributed by atoms with Crippen molar-refractivity contribution < 1.29 is 4.79 Å². The number of hydrogen-bond donors (Lipinski definition) is 1. The molecule has 0 unspecified atom stereocenters. The Hall–Kier alpha value is -2.04. The van der Waals surface area contributed by atoms with Gasteiger partial charge in [-0.3, -0.25) is 9.69 Å². The van der Waals surface area contributed by atoms with Crippen molar-refractivity contribution in [3.8, 4) is 0 Å². The summed E-state index contributed by atoms with van der Waals surface area (Å²) in [5, 5.41) is 3.78. The van der Waals surface area contributed by atoms with Crippen molar-refractivity contribution in [2.75, 3.05) is 42.9 Å². The van der Waals surface area contributed by atoms with Crippen LogP contribution in [0.2, 0.25) is 5.02 Å². The van der Waals surface area contributed by atoms with Gasteiger partial charge in [0.15, 0.2) is 0 Å². The molecule has 1 heterocycles. The van der Waals surface area contributed by atoms with Crippen molar-refractivity contribution >= 4 is 28.9 Å². The van der Waals surface area contributed by atoms with Gasteiger partial charge in [0, 0.05) is 42.6 Å². The fourth-order valence-electron chi connectivity index (χ4n) is 3.52. The zero-order valence-electron chi connectivity index (χ0n) is 15.7. The van der Waals surface area contributed by atoms with Crippen molar-refractivity contribution in [3.63, 3.8) is 0 Å². The van der Waals surface area contributed by atoms with Crippen LogP contribution in [-0.4, -0.2) is 43.5 Å². The molecule has 3 rings (SSSR count). The number of carbonyl (C=O) groups excluding carboxylic acids is 1. The first-order valence-corrected chi connectivity index (χ1v) is 9.40. The molecule has 1 amide bonds. The smallest absolute Gasteiger partial charge is 0.238 e. The van der Waals surface area contributed by atoms with Crippen LogP contribution in [0, 0.1) is 20.8 Å². The molecule has 4 nitrogen and oxygen atoms in total. The number of benzene rings is 2. The van der Waals surface area contributed by atoms with Crippen LogP contribution in [0.3, 0.4) is 0 Å². The molecular weight excluding hydrogens is 346 g/mol. The van der Waals surface area contributed by atoms with E-state index in [4.69, 9.17) is 11.6 Å². The molecule has 0 radical (unpaired) electrons. The lowest BCUT2D eigenvalue weighted by atomic mass is 10.1. The van der Waals surface area contributed by atoms with Gasteiger partial charge in [-0.05, 0) is 61.7 Å². The molecule has 0 saturated carbocycles. The van der Waals surface area contributed by atoms with Crippen molar-refractivity contribution in [2.45, 2.75) is 20.8 Å². The molecule has 0 bridgehead atoms. The minimum atomic E-state index is 0.0439. The van der Waals surface area contributed by atoms with Crippen molar-refractivity contribution in [2.24, 2.45) is 0 Å². The lowest BCUT2D eigenvalue weighted by molar-refractivity contribution is -0.117. The monoisotopic (exact) mass is 371 g/mol. The Kier molecular flexibility index (Phi) is 5.84. The van der Waals surface area contributed by atoms with Gasteiger partial charge in [0.25, 0.3) is 0 Å². The minimum Gasteiger partial charge on any atom is -0.369 e. The number of rotatable bonds is 4. The predicted octanol–water partition coefficient (Wildman–Crippen LogP) is 4.03. The molecule has 138 valence electrons. The molecule has 0 aliphatic carbocycles. The van der Waals surface area contributed by atoms with Gasteiger partial charge in [-0.2, -0.15) is 0 Å². The van der Waals surface area contributed by atoms with Gasteiger partial charge >= 0.3 is 0 Å². The predicted molar refractivity (Wildman–Crippen MR) is 109 cm³/mol. The quantitative estimate of drug-likeness (QED) is 0.881. The van der Waals surface area contributed by atoms with Gasteiger partial charge in [-0.25, -0.2) is 0 Å². The second kappa shape index (κ2) is 8.11. The molecule has 2 aromatic rings. The van der Waals surface area contributed by atoms with Crippen LogP contribution >= 0.6 is 11.6 Å². The SMILES string of the molecule is Cc1cc(C)cc(NC(=O)CN2CCN(c3cc(Cl)ccc3C)CC2)c1. The molecule has 1 N–H and O–H groups in total. The maximum atomic E-state index is 12.4. The molecule has 1 fully saturated rings. The van der Waals surface area contributed by atoms with Crippen LogP contribution in [0.5, 0.6) is 0 Å². The number of hydrogen-bond acceptors (Lipinski definition) is 3. The van der Waals surface area contributed by atoms with Crippen LogP contribution in [0.4, 0.5) is 11.4 Å². The number of nitrogens with zero attached hydrogens (tertiary/aromatic N) is 2. The fourth-order valence-corrected chi connectivity index (χ4v) is 3.69. The lowest BCUT2D eigenvalue weighted by Crippen LogP contribution is -2.48. The maximum Gasteiger partial charge on any atom is 0.238 e. The number of nitrogens with one attached hydrogen (secondary N) is 1. The van der Waals surface area contributed by atoms with Gasteiger partial charge in [0.1, 0.15) is 0 Å². The molecular formula is C21H26ClN3O. The Labute approximate surface area is 160 Å². The van der Waals surface area contributed by atoms with Gasteiger partial charge in [-0.1, -0.05) is 23.7 Å². The third kappa shape index (κ3) is 4.77. The third-order valence-corrected chi connectivity index (χ3v) is 4.99. The fraction of sp³-hybridized carbons (Fsp3) is 0.381. The van der Waals surface area contributed by atoms with Crippen molar-refractivity contribution in [1.82, 2.24) is 4.90 Å². The summed E-state index contributed by atoms with van der Waals surface area (Å²) >= 11 is 6.14. The topological polar surface area (TPSA) is 35.6 Å². The van der Waals surface area contributed by atoms with Crippen LogP contribution in [0.1, 0.15) is 16.7 Å². The van der Waals surface area contributed by atoms with Crippen LogP contribution in [0.25, 0.3) is 0 Å². The Morgan fingerprint density at radius 1 is 1.00 bits per heavy atom. The number of piperazine rings is 1. The summed E-state index contributed by atoms with van der Waals surface area (Å²) in [4.78, 5) is 16.9. The largest absolute Gasteiger partial charge is 0.369 e. The van der Waals surface area contributed by atoms with E-state index in [2.05, 4.69) is 34.2 Å². The number of aryl methyl sites for hydroxylation is 3. The maximum absolute atomic E-state index is 12.4. The summed E-state index contributed by atoms with van der Waals surface area (Å²) < 4.78 is 0. The van der Waals surface area contributed by atoms with E-state index in [0.717, 1.165) is 48.0 Å². The first-order chi connectivity index (χ1) is 12.4. The van der Waals surface area contributed by atoms with Crippen molar-refractivity contribution in [3.05, 3.63) is 58.1 Å². The standard InChI is InChI=1S/C21H26ClN3O/c1-15-10-16(2)12-19(11-15)23-21(26)14-24-6-8-25(9-7-24)20-13-18(22)5-4-17(20)3/h4-5,10-13H,6-9,14H2,1-3H3,(H,23,26). The summed E-state index contributed by atoms with van der Waals surface area (Å²) in [7, 11) is 0. The van der Waals surface area contributed by atoms with E-state index in [9.17, 15) is 4.79 Å². The molecule has 5 heteroatoms. The Balaban J connectivity index is 1.53.